The molecule has 1 nitrogen and oxygen atoms in total. The van der Waals surface area contributed by atoms with Crippen LogP contribution in [-0.2, 0) is 6.16 Å². The van der Waals surface area contributed by atoms with Crippen LogP contribution in [0, 0.1) is 0 Å². The lowest BCUT2D eigenvalue weighted by Crippen LogP contribution is -2.32. The normalized spacial score (nSPS) is 11.5. The van der Waals surface area contributed by atoms with E-state index in [0.717, 1.165) is 11.7 Å². The van der Waals surface area contributed by atoms with Crippen molar-refractivity contribution in [1.82, 2.24) is 4.98 Å². The Morgan fingerprint density at radius 1 is 0.533 bits per heavy atom. The Kier molecular flexibility index (Phi) is 5.13. The van der Waals surface area contributed by atoms with Crippen molar-refractivity contribution < 1.29 is 0 Å². The Balaban J connectivity index is 1.76. The Labute approximate surface area is 178 Å². The van der Waals surface area contributed by atoms with Crippen molar-refractivity contribution in [1.29, 1.82) is 0 Å². The highest BCUT2D eigenvalue weighted by molar-refractivity contribution is 7.95. The number of fused-ring (bicyclic) bond motifs is 1. The summed E-state index contributed by atoms with van der Waals surface area (Å²) in [6.07, 6.45) is 2.84. The molecular formula is C28H23NP+. The van der Waals surface area contributed by atoms with Crippen molar-refractivity contribution in [3.63, 3.8) is 0 Å². The minimum atomic E-state index is -1.87. The molecule has 4 aromatic carbocycles. The predicted octanol–water partition coefficient (Wildman–Crippen LogP) is 5.73. The molecule has 0 fully saturated rings. The quantitative estimate of drug-likeness (QED) is 0.341. The third-order valence-corrected chi connectivity index (χ3v) is 10.1. The van der Waals surface area contributed by atoms with Crippen LogP contribution in [0.3, 0.4) is 0 Å². The summed E-state index contributed by atoms with van der Waals surface area (Å²) in [6.45, 7) is 0. The fraction of sp³-hybridized carbons (Fsp3) is 0.0357. The van der Waals surface area contributed by atoms with Gasteiger partial charge in [0.25, 0.3) is 0 Å². The van der Waals surface area contributed by atoms with Crippen molar-refractivity contribution in [2.24, 2.45) is 0 Å². The second kappa shape index (κ2) is 8.22. The van der Waals surface area contributed by atoms with Gasteiger partial charge in [0.15, 0.2) is 0 Å². The molecule has 144 valence electrons. The number of aromatic nitrogens is 1. The Bertz CT molecular complexity index is 1150. The van der Waals surface area contributed by atoms with Gasteiger partial charge in [0.05, 0.1) is 11.7 Å². The van der Waals surface area contributed by atoms with Crippen molar-refractivity contribution in [2.45, 2.75) is 6.16 Å². The topological polar surface area (TPSA) is 12.9 Å². The fourth-order valence-corrected chi connectivity index (χ4v) is 8.50. The molecular weight excluding hydrogens is 381 g/mol. The van der Waals surface area contributed by atoms with Crippen molar-refractivity contribution >= 4 is 34.1 Å². The standard InChI is InChI=1S/C28H23NP/c1-4-12-25(13-5-1)30(26-14-6-2-7-15-26,27-16-8-3-9-17-27)22-23-18-19-28-24(21-23)11-10-20-29-28/h1-21H,22H2/q+1. The summed E-state index contributed by atoms with van der Waals surface area (Å²) >= 11 is 0. The maximum atomic E-state index is 4.50. The van der Waals surface area contributed by atoms with Crippen LogP contribution in [0.1, 0.15) is 5.56 Å². The first-order valence-electron chi connectivity index (χ1n) is 10.2. The number of rotatable bonds is 5. The highest BCUT2D eigenvalue weighted by Gasteiger charge is 2.45. The molecule has 1 heterocycles. The molecule has 0 saturated heterocycles. The first-order chi connectivity index (χ1) is 14.9. The fourth-order valence-electron chi connectivity index (χ4n) is 4.27. The lowest BCUT2D eigenvalue weighted by molar-refractivity contribution is 1.37. The molecule has 5 aromatic rings. The van der Waals surface area contributed by atoms with Gasteiger partial charge in [-0.2, -0.15) is 0 Å². The molecule has 0 unspecified atom stereocenters. The monoisotopic (exact) mass is 404 g/mol. The van der Waals surface area contributed by atoms with Gasteiger partial charge in [-0.1, -0.05) is 66.7 Å². The van der Waals surface area contributed by atoms with E-state index in [9.17, 15) is 0 Å². The maximum Gasteiger partial charge on any atom is 0.116 e. The Hall–Kier alpha value is -3.28. The first kappa shape index (κ1) is 18.7. The van der Waals surface area contributed by atoms with E-state index in [4.69, 9.17) is 0 Å². The predicted molar refractivity (Wildman–Crippen MR) is 131 cm³/mol. The van der Waals surface area contributed by atoms with E-state index >= 15 is 0 Å². The highest BCUT2D eigenvalue weighted by Crippen LogP contribution is 2.58. The van der Waals surface area contributed by atoms with E-state index in [2.05, 4.69) is 120 Å². The third-order valence-electron chi connectivity index (χ3n) is 5.68. The average molecular weight is 404 g/mol. The SMILES string of the molecule is c1ccc([P+](Cc2ccc3ncccc3c2)(c2ccccc2)c2ccccc2)cc1. The minimum Gasteiger partial charge on any atom is -0.256 e. The second-order valence-electron chi connectivity index (χ2n) is 7.50. The van der Waals surface area contributed by atoms with Crippen LogP contribution in [0.4, 0.5) is 0 Å². The number of pyridine rings is 1. The van der Waals surface area contributed by atoms with Crippen molar-refractivity contribution in [3.05, 3.63) is 133 Å². The molecule has 0 atom stereocenters. The van der Waals surface area contributed by atoms with Crippen LogP contribution in [0.5, 0.6) is 0 Å². The Morgan fingerprint density at radius 3 is 1.60 bits per heavy atom. The van der Waals surface area contributed by atoms with Gasteiger partial charge in [-0.3, -0.25) is 4.98 Å². The van der Waals surface area contributed by atoms with Crippen LogP contribution < -0.4 is 15.9 Å². The summed E-state index contributed by atoms with van der Waals surface area (Å²) in [7, 11) is -1.87. The zero-order chi connectivity index (χ0) is 20.2. The zero-order valence-electron chi connectivity index (χ0n) is 16.7. The maximum absolute atomic E-state index is 4.50. The molecule has 2 heteroatoms. The summed E-state index contributed by atoms with van der Waals surface area (Å²) in [5, 5.41) is 5.43. The first-order valence-corrected chi connectivity index (χ1v) is 12.2. The molecule has 0 amide bonds. The van der Waals surface area contributed by atoms with Gasteiger partial charge in [-0.25, -0.2) is 0 Å². The van der Waals surface area contributed by atoms with Gasteiger partial charge >= 0.3 is 0 Å². The third kappa shape index (κ3) is 3.43. The van der Waals surface area contributed by atoms with Crippen LogP contribution in [0.15, 0.2) is 128 Å². The average Bonchev–Trinajstić information content (AvgIpc) is 2.84. The molecule has 1 aromatic heterocycles. The number of nitrogens with zero attached hydrogens (tertiary/aromatic N) is 1. The largest absolute Gasteiger partial charge is 0.256 e. The molecule has 0 N–H and O–H groups in total. The number of hydrogen-bond acceptors (Lipinski definition) is 1. The second-order valence-corrected chi connectivity index (χ2v) is 11.0. The summed E-state index contributed by atoms with van der Waals surface area (Å²) in [6, 6.07) is 44.0. The van der Waals surface area contributed by atoms with Crippen molar-refractivity contribution in [3.8, 4) is 0 Å². The van der Waals surface area contributed by atoms with Crippen LogP contribution in [0.25, 0.3) is 10.9 Å². The van der Waals surface area contributed by atoms with Gasteiger partial charge in [0.2, 0.25) is 0 Å². The Morgan fingerprint density at radius 2 is 1.07 bits per heavy atom. The van der Waals surface area contributed by atoms with Gasteiger partial charge in [0.1, 0.15) is 23.2 Å². The summed E-state index contributed by atoms with van der Waals surface area (Å²) < 4.78 is 0. The van der Waals surface area contributed by atoms with E-state index in [0.29, 0.717) is 0 Å². The molecule has 30 heavy (non-hydrogen) atoms. The number of benzene rings is 4. The lowest BCUT2D eigenvalue weighted by Gasteiger charge is -2.28. The summed E-state index contributed by atoms with van der Waals surface area (Å²) in [4.78, 5) is 4.50. The molecule has 0 aliphatic rings. The van der Waals surface area contributed by atoms with E-state index in [-0.39, 0.29) is 0 Å². The van der Waals surface area contributed by atoms with E-state index in [1.165, 1.54) is 26.9 Å². The van der Waals surface area contributed by atoms with E-state index in [1.54, 1.807) is 0 Å². The van der Waals surface area contributed by atoms with Crippen molar-refractivity contribution in [2.75, 3.05) is 0 Å². The molecule has 0 bridgehead atoms. The molecule has 0 radical (unpaired) electrons. The summed E-state index contributed by atoms with van der Waals surface area (Å²) in [5.41, 5.74) is 2.39. The molecule has 0 spiro atoms. The van der Waals surface area contributed by atoms with E-state index < -0.39 is 7.26 Å². The van der Waals surface area contributed by atoms with Crippen LogP contribution in [0.2, 0.25) is 0 Å². The minimum absolute atomic E-state index is 0.982. The smallest absolute Gasteiger partial charge is 0.116 e. The van der Waals surface area contributed by atoms with Gasteiger partial charge in [-0.05, 0) is 60.2 Å². The number of hydrogen-bond donors (Lipinski definition) is 0. The van der Waals surface area contributed by atoms with Crippen LogP contribution in [-0.4, -0.2) is 4.98 Å². The zero-order valence-corrected chi connectivity index (χ0v) is 17.6. The molecule has 0 aliphatic heterocycles. The van der Waals surface area contributed by atoms with Gasteiger partial charge in [0, 0.05) is 11.6 Å². The highest BCUT2D eigenvalue weighted by atomic mass is 31.2. The van der Waals surface area contributed by atoms with E-state index in [1.807, 2.05) is 12.3 Å². The lowest BCUT2D eigenvalue weighted by atomic mass is 10.1. The molecule has 5 rings (SSSR count). The molecule has 0 aliphatic carbocycles. The van der Waals surface area contributed by atoms with Crippen LogP contribution >= 0.6 is 7.26 Å². The summed E-state index contributed by atoms with van der Waals surface area (Å²) in [5.74, 6) is 0. The molecule has 0 saturated carbocycles. The van der Waals surface area contributed by atoms with Gasteiger partial charge in [-0.15, -0.1) is 0 Å². The van der Waals surface area contributed by atoms with Gasteiger partial charge < -0.3 is 0 Å².